The summed E-state index contributed by atoms with van der Waals surface area (Å²) in [7, 11) is 4.60. The summed E-state index contributed by atoms with van der Waals surface area (Å²) in [5.74, 6) is 1.18. The van der Waals surface area contributed by atoms with Crippen LogP contribution < -0.4 is 19.5 Å². The quantitative estimate of drug-likeness (QED) is 0.664. The SMILES string of the molecule is CCN1CCN(Cc2ccc(CNC(=O)c3cc(OC)c(OC)c(OC)c3)cc2)CC1. The van der Waals surface area contributed by atoms with Crippen LogP contribution in [0, 0.1) is 0 Å². The fourth-order valence-corrected chi connectivity index (χ4v) is 3.78. The van der Waals surface area contributed by atoms with Crippen molar-refractivity contribution in [1.29, 1.82) is 0 Å². The lowest BCUT2D eigenvalue weighted by Gasteiger charge is -2.34. The van der Waals surface area contributed by atoms with E-state index in [1.807, 2.05) is 0 Å². The number of nitrogens with one attached hydrogen (secondary N) is 1. The van der Waals surface area contributed by atoms with E-state index >= 15 is 0 Å². The molecule has 0 bridgehead atoms. The third kappa shape index (κ3) is 5.89. The summed E-state index contributed by atoms with van der Waals surface area (Å²) in [4.78, 5) is 17.6. The van der Waals surface area contributed by atoms with E-state index in [2.05, 4.69) is 46.3 Å². The predicted octanol–water partition coefficient (Wildman–Crippen LogP) is 2.78. The molecule has 0 atom stereocenters. The van der Waals surface area contributed by atoms with Crippen molar-refractivity contribution in [3.8, 4) is 17.2 Å². The Morgan fingerprint density at radius 3 is 1.94 bits per heavy atom. The van der Waals surface area contributed by atoms with Crippen molar-refractivity contribution in [3.63, 3.8) is 0 Å². The first-order valence-electron chi connectivity index (χ1n) is 10.7. The lowest BCUT2D eigenvalue weighted by atomic mass is 10.1. The van der Waals surface area contributed by atoms with Crippen LogP contribution in [-0.2, 0) is 13.1 Å². The molecule has 1 fully saturated rings. The number of nitrogens with zero attached hydrogens (tertiary/aromatic N) is 2. The first-order valence-corrected chi connectivity index (χ1v) is 10.7. The van der Waals surface area contributed by atoms with Gasteiger partial charge in [-0.1, -0.05) is 31.2 Å². The molecule has 1 heterocycles. The van der Waals surface area contributed by atoms with Crippen molar-refractivity contribution < 1.29 is 19.0 Å². The maximum Gasteiger partial charge on any atom is 0.251 e. The van der Waals surface area contributed by atoms with E-state index in [1.165, 1.54) is 26.9 Å². The number of rotatable bonds is 9. The highest BCUT2D eigenvalue weighted by atomic mass is 16.5. The van der Waals surface area contributed by atoms with Gasteiger partial charge in [0, 0.05) is 44.8 Å². The number of likely N-dealkylation sites (N-methyl/N-ethyl adjacent to an activating group) is 1. The number of amides is 1. The fraction of sp³-hybridized carbons (Fsp3) is 0.458. The average molecular weight is 428 g/mol. The molecule has 7 nitrogen and oxygen atoms in total. The molecule has 1 saturated heterocycles. The van der Waals surface area contributed by atoms with E-state index in [1.54, 1.807) is 12.1 Å². The fourth-order valence-electron chi connectivity index (χ4n) is 3.78. The zero-order chi connectivity index (χ0) is 22.2. The van der Waals surface area contributed by atoms with E-state index in [0.717, 1.165) is 44.8 Å². The maximum absolute atomic E-state index is 12.7. The Bertz CT molecular complexity index is 837. The van der Waals surface area contributed by atoms with E-state index in [-0.39, 0.29) is 5.91 Å². The molecule has 0 spiro atoms. The van der Waals surface area contributed by atoms with Gasteiger partial charge in [0.15, 0.2) is 11.5 Å². The van der Waals surface area contributed by atoms with Gasteiger partial charge >= 0.3 is 0 Å². The number of ether oxygens (including phenoxy) is 3. The van der Waals surface area contributed by atoms with Crippen molar-refractivity contribution in [2.75, 3.05) is 54.1 Å². The summed E-state index contributed by atoms with van der Waals surface area (Å²) in [6.45, 7) is 9.27. The largest absolute Gasteiger partial charge is 0.493 e. The Kier molecular flexibility index (Phi) is 8.14. The van der Waals surface area contributed by atoms with E-state index in [4.69, 9.17) is 14.2 Å². The second kappa shape index (κ2) is 11.0. The summed E-state index contributed by atoms with van der Waals surface area (Å²) in [5.41, 5.74) is 2.81. The van der Waals surface area contributed by atoms with Gasteiger partial charge in [-0.15, -0.1) is 0 Å². The van der Waals surface area contributed by atoms with Crippen LogP contribution in [0.5, 0.6) is 17.2 Å². The Balaban J connectivity index is 1.56. The van der Waals surface area contributed by atoms with Crippen molar-refractivity contribution in [1.82, 2.24) is 15.1 Å². The summed E-state index contributed by atoms with van der Waals surface area (Å²) in [5, 5.41) is 2.96. The smallest absolute Gasteiger partial charge is 0.251 e. The van der Waals surface area contributed by atoms with Crippen molar-refractivity contribution in [2.45, 2.75) is 20.0 Å². The van der Waals surface area contributed by atoms with Gasteiger partial charge in [0.05, 0.1) is 21.3 Å². The molecule has 0 saturated carbocycles. The molecule has 0 radical (unpaired) electrons. The zero-order valence-corrected chi connectivity index (χ0v) is 18.9. The number of hydrogen-bond donors (Lipinski definition) is 1. The second-order valence-electron chi connectivity index (χ2n) is 7.62. The highest BCUT2D eigenvalue weighted by Gasteiger charge is 2.17. The number of hydrogen-bond acceptors (Lipinski definition) is 6. The zero-order valence-electron chi connectivity index (χ0n) is 18.9. The molecule has 7 heteroatoms. The van der Waals surface area contributed by atoms with E-state index in [0.29, 0.717) is 29.4 Å². The van der Waals surface area contributed by atoms with Gasteiger partial charge in [0.25, 0.3) is 5.91 Å². The molecular formula is C24H33N3O4. The Morgan fingerprint density at radius 1 is 0.871 bits per heavy atom. The normalized spacial score (nSPS) is 14.8. The molecule has 3 rings (SSSR count). The van der Waals surface area contributed by atoms with E-state index < -0.39 is 0 Å². The van der Waals surface area contributed by atoms with Crippen LogP contribution >= 0.6 is 0 Å². The molecule has 2 aromatic carbocycles. The maximum atomic E-state index is 12.7. The Morgan fingerprint density at radius 2 is 1.42 bits per heavy atom. The minimum Gasteiger partial charge on any atom is -0.493 e. The lowest BCUT2D eigenvalue weighted by molar-refractivity contribution is 0.0950. The van der Waals surface area contributed by atoms with Crippen LogP contribution in [0.15, 0.2) is 36.4 Å². The van der Waals surface area contributed by atoms with Gasteiger partial charge in [0.1, 0.15) is 0 Å². The van der Waals surface area contributed by atoms with Gasteiger partial charge in [-0.2, -0.15) is 0 Å². The molecule has 0 unspecified atom stereocenters. The number of piperazine rings is 1. The van der Waals surface area contributed by atoms with Gasteiger partial charge in [-0.25, -0.2) is 0 Å². The highest BCUT2D eigenvalue weighted by molar-refractivity contribution is 5.95. The summed E-state index contributed by atoms with van der Waals surface area (Å²) in [6, 6.07) is 11.7. The van der Waals surface area contributed by atoms with Crippen molar-refractivity contribution in [3.05, 3.63) is 53.1 Å². The summed E-state index contributed by atoms with van der Waals surface area (Å²) < 4.78 is 16.0. The average Bonchev–Trinajstić information content (AvgIpc) is 2.82. The molecule has 1 amide bonds. The second-order valence-corrected chi connectivity index (χ2v) is 7.62. The number of carbonyl (C=O) groups excluding carboxylic acids is 1. The van der Waals surface area contributed by atoms with Gasteiger partial charge < -0.3 is 24.4 Å². The number of benzene rings is 2. The summed E-state index contributed by atoms with van der Waals surface area (Å²) >= 11 is 0. The third-order valence-electron chi connectivity index (χ3n) is 5.72. The minimum absolute atomic E-state index is 0.197. The Labute approximate surface area is 184 Å². The van der Waals surface area contributed by atoms with Crippen molar-refractivity contribution in [2.24, 2.45) is 0 Å². The molecule has 168 valence electrons. The van der Waals surface area contributed by atoms with Crippen LogP contribution in [0.3, 0.4) is 0 Å². The first-order chi connectivity index (χ1) is 15.1. The topological polar surface area (TPSA) is 63.3 Å². The van der Waals surface area contributed by atoms with Crippen LogP contribution in [0.1, 0.15) is 28.4 Å². The lowest BCUT2D eigenvalue weighted by Crippen LogP contribution is -2.45. The standard InChI is InChI=1S/C24H33N3O4/c1-5-26-10-12-27(13-11-26)17-19-8-6-18(7-9-19)16-25-24(28)20-14-21(29-2)23(31-4)22(15-20)30-3/h6-9,14-15H,5,10-13,16-17H2,1-4H3,(H,25,28). The van der Waals surface area contributed by atoms with E-state index in [9.17, 15) is 4.79 Å². The molecule has 0 aliphatic carbocycles. The van der Waals surface area contributed by atoms with Gasteiger partial charge in [0.2, 0.25) is 5.75 Å². The predicted molar refractivity (Wildman–Crippen MR) is 121 cm³/mol. The van der Waals surface area contributed by atoms with Crippen LogP contribution in [0.4, 0.5) is 0 Å². The van der Waals surface area contributed by atoms with Crippen LogP contribution in [-0.4, -0.2) is 69.8 Å². The molecule has 1 aliphatic heterocycles. The van der Waals surface area contributed by atoms with Gasteiger partial charge in [-0.3, -0.25) is 9.69 Å². The molecular weight excluding hydrogens is 394 g/mol. The third-order valence-corrected chi connectivity index (χ3v) is 5.72. The van der Waals surface area contributed by atoms with Crippen LogP contribution in [0.25, 0.3) is 0 Å². The molecule has 2 aromatic rings. The summed E-state index contributed by atoms with van der Waals surface area (Å²) in [6.07, 6.45) is 0. The monoisotopic (exact) mass is 427 g/mol. The highest BCUT2D eigenvalue weighted by Crippen LogP contribution is 2.38. The Hall–Kier alpha value is -2.77. The number of carbonyl (C=O) groups is 1. The van der Waals surface area contributed by atoms with Crippen LogP contribution in [0.2, 0.25) is 0 Å². The molecule has 1 N–H and O–H groups in total. The molecule has 1 aliphatic rings. The molecule has 0 aromatic heterocycles. The molecule has 31 heavy (non-hydrogen) atoms. The van der Waals surface area contributed by atoms with Crippen molar-refractivity contribution >= 4 is 5.91 Å². The first kappa shape index (κ1) is 22.9. The number of methoxy groups -OCH3 is 3. The van der Waals surface area contributed by atoms with Gasteiger partial charge in [-0.05, 0) is 29.8 Å². The minimum atomic E-state index is -0.197.